The number of hydrogen-bond acceptors (Lipinski definition) is 10. The van der Waals surface area contributed by atoms with E-state index in [1.165, 1.54) is 28.1 Å². The van der Waals surface area contributed by atoms with Gasteiger partial charge in [0.1, 0.15) is 5.75 Å². The summed E-state index contributed by atoms with van der Waals surface area (Å²) in [6.07, 6.45) is 1.21. The molecule has 3 aromatic carbocycles. The van der Waals surface area contributed by atoms with Gasteiger partial charge in [0.05, 0.1) is 50.3 Å². The molecule has 0 unspecified atom stereocenters. The van der Waals surface area contributed by atoms with Crippen molar-refractivity contribution >= 4 is 40.6 Å². The maximum atomic E-state index is 14.1. The predicted octanol–water partition coefficient (Wildman–Crippen LogP) is 6.01. The zero-order valence-electron chi connectivity index (χ0n) is 27.4. The number of nitrogens with one attached hydrogen (secondary N) is 1. The second-order valence-corrected chi connectivity index (χ2v) is 12.9. The Morgan fingerprint density at radius 2 is 1.73 bits per heavy atom. The van der Waals surface area contributed by atoms with Gasteiger partial charge in [0.25, 0.3) is 11.8 Å². The van der Waals surface area contributed by atoms with Crippen molar-refractivity contribution in [2.24, 2.45) is 5.10 Å². The Labute approximate surface area is 292 Å². The summed E-state index contributed by atoms with van der Waals surface area (Å²) in [5, 5.41) is 20.6. The highest BCUT2D eigenvalue weighted by atomic mass is 32.2. The molecule has 2 amide bonds. The van der Waals surface area contributed by atoms with Crippen molar-refractivity contribution in [1.29, 1.82) is 0 Å². The molecule has 1 N–H and O–H groups in total. The number of aromatic nitrogens is 3. The number of ether oxygens (including phenoxy) is 3. The van der Waals surface area contributed by atoms with E-state index in [4.69, 9.17) is 19.3 Å². The lowest BCUT2D eigenvalue weighted by Gasteiger charge is -2.24. The Balaban J connectivity index is 1.25. The number of amides is 2. The van der Waals surface area contributed by atoms with Gasteiger partial charge < -0.3 is 24.1 Å². The summed E-state index contributed by atoms with van der Waals surface area (Å²) in [5.74, 6) is 2.17. The van der Waals surface area contributed by atoms with Gasteiger partial charge in [-0.05, 0) is 59.3 Å². The maximum Gasteiger partial charge on any atom is 0.261 e. The van der Waals surface area contributed by atoms with Crippen LogP contribution in [0.1, 0.15) is 44.6 Å². The van der Waals surface area contributed by atoms with E-state index in [1.807, 2.05) is 76.7 Å². The molecule has 49 heavy (non-hydrogen) atoms. The highest BCUT2D eigenvalue weighted by molar-refractivity contribution is 7.99. The molecule has 0 bridgehead atoms. The molecule has 0 saturated carbocycles. The van der Waals surface area contributed by atoms with E-state index < -0.39 is 6.04 Å². The number of aryl methyl sites for hydroxylation is 1. The summed E-state index contributed by atoms with van der Waals surface area (Å²) in [6.45, 7) is 0.775. The first-order chi connectivity index (χ1) is 24.0. The quantitative estimate of drug-likeness (QED) is 0.140. The maximum absolute atomic E-state index is 14.1. The molecule has 252 valence electrons. The predicted molar refractivity (Wildman–Crippen MR) is 190 cm³/mol. The number of benzene rings is 3. The van der Waals surface area contributed by atoms with Gasteiger partial charge in [0, 0.05) is 18.5 Å². The van der Waals surface area contributed by atoms with Crippen LogP contribution >= 0.6 is 23.1 Å². The van der Waals surface area contributed by atoms with E-state index >= 15 is 0 Å². The van der Waals surface area contributed by atoms with E-state index in [9.17, 15) is 9.59 Å². The van der Waals surface area contributed by atoms with Gasteiger partial charge in [-0.3, -0.25) is 9.59 Å². The first-order valence-corrected chi connectivity index (χ1v) is 17.5. The third kappa shape index (κ3) is 7.79. The lowest BCUT2D eigenvalue weighted by molar-refractivity contribution is -0.130. The molecule has 1 atom stereocenters. The lowest BCUT2D eigenvalue weighted by atomic mass is 9.97. The van der Waals surface area contributed by atoms with E-state index in [-0.39, 0.29) is 24.1 Å². The van der Waals surface area contributed by atoms with Gasteiger partial charge in [-0.1, -0.05) is 60.3 Å². The molecule has 2 aromatic heterocycles. The van der Waals surface area contributed by atoms with Crippen molar-refractivity contribution in [3.05, 3.63) is 118 Å². The normalized spacial score (nSPS) is 14.0. The minimum Gasteiger partial charge on any atom is -0.497 e. The molecule has 5 aromatic rings. The number of hydrogen-bond donors (Lipinski definition) is 1. The molecule has 0 spiro atoms. The molecule has 11 nitrogen and oxygen atoms in total. The van der Waals surface area contributed by atoms with E-state index in [0.29, 0.717) is 40.3 Å². The van der Waals surface area contributed by atoms with Crippen LogP contribution in [0.25, 0.3) is 0 Å². The number of thioether (sulfide) groups is 1. The van der Waals surface area contributed by atoms with Crippen LogP contribution in [0, 0.1) is 0 Å². The number of carbonyl (C=O) groups excluding carboxylic acids is 2. The standard InChI is InChI=1S/C36H36N6O5S2/c1-45-26-16-14-25(15-17-26)28-21-29(27-11-7-12-30(46-2)34(27)47-3)42(40-28)33(43)23-49-36-39-38-32(22-37-35(44)31-13-8-20-48-31)41(36)19-18-24-9-5-4-6-10-24/h4-17,20,29H,18-19,21-23H2,1-3H3,(H,37,44)/t29-/m0/s1. The summed E-state index contributed by atoms with van der Waals surface area (Å²) < 4.78 is 18.6. The summed E-state index contributed by atoms with van der Waals surface area (Å²) >= 11 is 2.67. The minimum absolute atomic E-state index is 0.0627. The van der Waals surface area contributed by atoms with Crippen LogP contribution in [0.15, 0.2) is 101 Å². The van der Waals surface area contributed by atoms with Crippen LogP contribution in [0.5, 0.6) is 17.2 Å². The van der Waals surface area contributed by atoms with Crippen LogP contribution in [0.4, 0.5) is 0 Å². The number of carbonyl (C=O) groups is 2. The van der Waals surface area contributed by atoms with Crippen LogP contribution in [0.2, 0.25) is 0 Å². The van der Waals surface area contributed by atoms with Crippen molar-refractivity contribution < 1.29 is 23.8 Å². The topological polar surface area (TPSA) is 120 Å². The van der Waals surface area contributed by atoms with Gasteiger partial charge in [0.2, 0.25) is 0 Å². The molecule has 0 aliphatic carbocycles. The average molecular weight is 697 g/mol. The molecule has 0 saturated heterocycles. The molecule has 0 radical (unpaired) electrons. The zero-order chi connectivity index (χ0) is 34.2. The van der Waals surface area contributed by atoms with Crippen molar-refractivity contribution in [1.82, 2.24) is 25.1 Å². The van der Waals surface area contributed by atoms with Crippen LogP contribution < -0.4 is 19.5 Å². The number of methoxy groups -OCH3 is 3. The molecule has 1 aliphatic rings. The first kappa shape index (κ1) is 33.7. The molecular formula is C36H36N6O5S2. The van der Waals surface area contributed by atoms with Crippen molar-refractivity contribution in [3.8, 4) is 17.2 Å². The Kier molecular flexibility index (Phi) is 10.9. The van der Waals surface area contributed by atoms with Gasteiger partial charge in [-0.25, -0.2) is 5.01 Å². The third-order valence-corrected chi connectivity index (χ3v) is 9.94. The van der Waals surface area contributed by atoms with Crippen LogP contribution in [-0.2, 0) is 24.3 Å². The highest BCUT2D eigenvalue weighted by Gasteiger charge is 2.36. The molecule has 13 heteroatoms. The van der Waals surface area contributed by atoms with Crippen LogP contribution in [-0.4, -0.2) is 64.4 Å². The van der Waals surface area contributed by atoms with Gasteiger partial charge in [-0.15, -0.1) is 21.5 Å². The number of nitrogens with zero attached hydrogens (tertiary/aromatic N) is 5. The van der Waals surface area contributed by atoms with E-state index in [2.05, 4.69) is 27.6 Å². The summed E-state index contributed by atoms with van der Waals surface area (Å²) in [7, 11) is 4.80. The fourth-order valence-corrected chi connectivity index (χ4v) is 7.10. The number of hydrazone groups is 1. The van der Waals surface area contributed by atoms with E-state index in [0.717, 1.165) is 34.6 Å². The molecule has 3 heterocycles. The van der Waals surface area contributed by atoms with E-state index in [1.54, 1.807) is 27.4 Å². The average Bonchev–Trinajstić information content (AvgIpc) is 3.93. The fraction of sp³-hybridized carbons (Fsp3) is 0.250. The van der Waals surface area contributed by atoms with Crippen LogP contribution in [0.3, 0.4) is 0 Å². The first-order valence-electron chi connectivity index (χ1n) is 15.6. The molecule has 6 rings (SSSR count). The number of rotatable bonds is 14. The fourth-order valence-electron chi connectivity index (χ4n) is 5.63. The Hall–Kier alpha value is -5.14. The monoisotopic (exact) mass is 696 g/mol. The smallest absolute Gasteiger partial charge is 0.261 e. The highest BCUT2D eigenvalue weighted by Crippen LogP contribution is 2.42. The van der Waals surface area contributed by atoms with Crippen molar-refractivity contribution in [3.63, 3.8) is 0 Å². The lowest BCUT2D eigenvalue weighted by Crippen LogP contribution is -2.29. The second kappa shape index (κ2) is 15.8. The van der Waals surface area contributed by atoms with Crippen molar-refractivity contribution in [2.75, 3.05) is 27.1 Å². The molecular weight excluding hydrogens is 661 g/mol. The summed E-state index contributed by atoms with van der Waals surface area (Å²) in [4.78, 5) is 27.4. The zero-order valence-corrected chi connectivity index (χ0v) is 29.0. The van der Waals surface area contributed by atoms with Crippen molar-refractivity contribution in [2.45, 2.75) is 37.1 Å². The summed E-state index contributed by atoms with van der Waals surface area (Å²) in [6, 6.07) is 26.6. The Bertz CT molecular complexity index is 1910. The van der Waals surface area contributed by atoms with Gasteiger partial charge in [0.15, 0.2) is 22.5 Å². The molecule has 0 fully saturated rings. The Morgan fingerprint density at radius 3 is 2.45 bits per heavy atom. The Morgan fingerprint density at radius 1 is 0.918 bits per heavy atom. The van der Waals surface area contributed by atoms with Gasteiger partial charge >= 0.3 is 0 Å². The summed E-state index contributed by atoms with van der Waals surface area (Å²) in [5.41, 5.74) is 3.61. The largest absolute Gasteiger partial charge is 0.497 e. The van der Waals surface area contributed by atoms with Gasteiger partial charge in [-0.2, -0.15) is 5.10 Å². The number of thiophene rings is 1. The third-order valence-electron chi connectivity index (χ3n) is 8.12. The second-order valence-electron chi connectivity index (χ2n) is 11.1. The number of para-hydroxylation sites is 1. The minimum atomic E-state index is -0.422. The molecule has 1 aliphatic heterocycles. The SMILES string of the molecule is COc1ccc(C2=NN(C(=O)CSc3nnc(CNC(=O)c4cccs4)n3CCc3ccccc3)[C@H](c3cccc(OC)c3OC)C2)cc1.